The number of hydrogen-bond donors (Lipinski definition) is 3. The fourth-order valence-electron chi connectivity index (χ4n) is 2.95. The SMILES string of the molecule is Oc1nc(NCc2ccc(-c3cccs3)s2)[nH]c1C=C1C=Nc2ncccc21. The zero-order valence-electron chi connectivity index (χ0n) is 14.6. The number of imidazole rings is 1. The Morgan fingerprint density at radius 3 is 3.00 bits per heavy atom. The second-order valence-corrected chi connectivity index (χ2v) is 8.27. The molecule has 4 aromatic rings. The molecule has 0 amide bonds. The monoisotopic (exact) mass is 405 g/mol. The van der Waals surface area contributed by atoms with Gasteiger partial charge in [0.05, 0.1) is 6.54 Å². The molecule has 0 saturated carbocycles. The first-order chi connectivity index (χ1) is 13.8. The molecule has 0 bridgehead atoms. The molecule has 0 fully saturated rings. The van der Waals surface area contributed by atoms with Gasteiger partial charge in [-0.05, 0) is 41.8 Å². The topological polar surface area (TPSA) is 86.2 Å². The first-order valence-corrected chi connectivity index (χ1v) is 10.3. The van der Waals surface area contributed by atoms with Crippen LogP contribution in [-0.4, -0.2) is 26.3 Å². The summed E-state index contributed by atoms with van der Waals surface area (Å²) >= 11 is 3.48. The van der Waals surface area contributed by atoms with Gasteiger partial charge in [0, 0.05) is 38.2 Å². The Bertz CT molecular complexity index is 1190. The maximum Gasteiger partial charge on any atom is 0.238 e. The molecule has 5 heterocycles. The highest BCUT2D eigenvalue weighted by Gasteiger charge is 2.15. The number of aromatic amines is 1. The van der Waals surface area contributed by atoms with Crippen LogP contribution in [0.2, 0.25) is 0 Å². The van der Waals surface area contributed by atoms with E-state index in [4.69, 9.17) is 0 Å². The van der Waals surface area contributed by atoms with Crippen LogP contribution in [0.4, 0.5) is 11.8 Å². The average molecular weight is 406 g/mol. The van der Waals surface area contributed by atoms with Crippen molar-refractivity contribution in [2.24, 2.45) is 4.99 Å². The van der Waals surface area contributed by atoms with Crippen molar-refractivity contribution in [3.8, 4) is 15.6 Å². The molecule has 1 aliphatic heterocycles. The van der Waals surface area contributed by atoms with Crippen molar-refractivity contribution in [1.29, 1.82) is 0 Å². The van der Waals surface area contributed by atoms with E-state index in [1.54, 1.807) is 35.1 Å². The van der Waals surface area contributed by atoms with Gasteiger partial charge in [-0.25, -0.2) is 9.98 Å². The molecule has 0 aromatic carbocycles. The number of hydrogen-bond acceptors (Lipinski definition) is 7. The molecule has 0 saturated heterocycles. The van der Waals surface area contributed by atoms with Crippen molar-refractivity contribution in [2.45, 2.75) is 6.54 Å². The molecular formula is C20H15N5OS2. The quantitative estimate of drug-likeness (QED) is 0.428. The van der Waals surface area contributed by atoms with Crippen LogP contribution in [-0.2, 0) is 6.54 Å². The molecule has 6 nitrogen and oxygen atoms in total. The Morgan fingerprint density at radius 2 is 2.11 bits per heavy atom. The average Bonchev–Trinajstić information content (AvgIpc) is 3.49. The van der Waals surface area contributed by atoms with E-state index in [0.29, 0.717) is 24.0 Å². The van der Waals surface area contributed by atoms with Crippen LogP contribution < -0.4 is 5.32 Å². The molecule has 0 spiro atoms. The highest BCUT2D eigenvalue weighted by atomic mass is 32.1. The zero-order chi connectivity index (χ0) is 18.9. The first kappa shape index (κ1) is 16.9. The van der Waals surface area contributed by atoms with Crippen molar-refractivity contribution >= 4 is 52.3 Å². The zero-order valence-corrected chi connectivity index (χ0v) is 16.2. The molecule has 0 atom stereocenters. The minimum atomic E-state index is -0.0498. The first-order valence-electron chi connectivity index (χ1n) is 8.63. The highest BCUT2D eigenvalue weighted by Crippen LogP contribution is 2.33. The summed E-state index contributed by atoms with van der Waals surface area (Å²) in [6.45, 7) is 0.632. The number of rotatable bonds is 5. The number of allylic oxidation sites excluding steroid dienone is 1. The van der Waals surface area contributed by atoms with Crippen molar-refractivity contribution in [2.75, 3.05) is 5.32 Å². The molecule has 28 heavy (non-hydrogen) atoms. The van der Waals surface area contributed by atoms with Gasteiger partial charge in [-0.2, -0.15) is 4.98 Å². The highest BCUT2D eigenvalue weighted by molar-refractivity contribution is 7.21. The lowest BCUT2D eigenvalue weighted by molar-refractivity contribution is 0.455. The summed E-state index contributed by atoms with van der Waals surface area (Å²) in [7, 11) is 0. The Kier molecular flexibility index (Phi) is 4.27. The smallest absolute Gasteiger partial charge is 0.238 e. The summed E-state index contributed by atoms with van der Waals surface area (Å²) in [4.78, 5) is 19.5. The van der Waals surface area contributed by atoms with Gasteiger partial charge in [-0.15, -0.1) is 22.7 Å². The fraction of sp³-hybridized carbons (Fsp3) is 0.0500. The Morgan fingerprint density at radius 1 is 1.14 bits per heavy atom. The van der Waals surface area contributed by atoms with Crippen molar-refractivity contribution in [3.05, 3.63) is 64.1 Å². The number of aliphatic imine (C=N–C) groups is 1. The number of thiophene rings is 2. The van der Waals surface area contributed by atoms with E-state index >= 15 is 0 Å². The van der Waals surface area contributed by atoms with Gasteiger partial charge >= 0.3 is 0 Å². The standard InChI is InChI=1S/C20H15N5OS2/c26-19-15(9-12-10-22-18-14(12)3-1-7-21-18)24-20(25-19)23-11-13-5-6-17(28-13)16-4-2-8-27-16/h1-10,26H,11H2,(H2,23,24,25). The van der Waals surface area contributed by atoms with E-state index in [1.165, 1.54) is 14.6 Å². The van der Waals surface area contributed by atoms with Crippen molar-refractivity contribution < 1.29 is 5.11 Å². The third-order valence-electron chi connectivity index (χ3n) is 4.29. The molecule has 1 aliphatic rings. The molecule has 0 unspecified atom stereocenters. The second kappa shape index (κ2) is 7.06. The molecule has 138 valence electrons. The number of nitrogens with one attached hydrogen (secondary N) is 2. The molecule has 0 radical (unpaired) electrons. The molecule has 0 aliphatic carbocycles. The molecule has 3 N–H and O–H groups in total. The molecule has 4 aromatic heterocycles. The minimum Gasteiger partial charge on any atom is -0.492 e. The lowest BCUT2D eigenvalue weighted by Crippen LogP contribution is -1.98. The van der Waals surface area contributed by atoms with Crippen LogP contribution in [0.15, 0.2) is 53.0 Å². The number of anilines is 1. The van der Waals surface area contributed by atoms with E-state index < -0.39 is 0 Å². The maximum absolute atomic E-state index is 10.2. The van der Waals surface area contributed by atoms with Crippen LogP contribution in [0.5, 0.6) is 5.88 Å². The van der Waals surface area contributed by atoms with Crippen LogP contribution >= 0.6 is 22.7 Å². The minimum absolute atomic E-state index is 0.0498. The fourth-order valence-corrected chi connectivity index (χ4v) is 4.73. The van der Waals surface area contributed by atoms with Crippen LogP contribution in [0.3, 0.4) is 0 Å². The Hall–Kier alpha value is -3.23. The summed E-state index contributed by atoms with van der Waals surface area (Å²) in [6.07, 6.45) is 5.27. The van der Waals surface area contributed by atoms with Gasteiger partial charge in [0.1, 0.15) is 5.69 Å². The van der Waals surface area contributed by atoms with E-state index in [2.05, 4.69) is 54.9 Å². The van der Waals surface area contributed by atoms with E-state index in [-0.39, 0.29) is 5.88 Å². The summed E-state index contributed by atoms with van der Waals surface area (Å²) in [6, 6.07) is 12.2. The molecule has 5 rings (SSSR count). The normalized spacial score (nSPS) is 13.9. The number of H-pyrrole nitrogens is 1. The largest absolute Gasteiger partial charge is 0.492 e. The van der Waals surface area contributed by atoms with Crippen molar-refractivity contribution in [3.63, 3.8) is 0 Å². The van der Waals surface area contributed by atoms with Gasteiger partial charge in [-0.1, -0.05) is 6.07 Å². The number of aromatic hydroxyl groups is 1. The van der Waals surface area contributed by atoms with Crippen molar-refractivity contribution in [1.82, 2.24) is 15.0 Å². The molecular weight excluding hydrogens is 390 g/mol. The van der Waals surface area contributed by atoms with Crippen LogP contribution in [0.1, 0.15) is 16.1 Å². The Labute approximate surface area is 169 Å². The number of nitrogens with zero attached hydrogens (tertiary/aromatic N) is 3. The van der Waals surface area contributed by atoms with E-state index in [0.717, 1.165) is 11.1 Å². The predicted molar refractivity (Wildman–Crippen MR) is 115 cm³/mol. The van der Waals surface area contributed by atoms with Crippen LogP contribution in [0, 0.1) is 0 Å². The predicted octanol–water partition coefficient (Wildman–Crippen LogP) is 5.17. The lowest BCUT2D eigenvalue weighted by atomic mass is 10.1. The third-order valence-corrected chi connectivity index (χ3v) is 6.44. The number of pyridine rings is 1. The van der Waals surface area contributed by atoms with E-state index in [1.807, 2.05) is 18.2 Å². The summed E-state index contributed by atoms with van der Waals surface area (Å²) in [5, 5.41) is 15.5. The number of aromatic nitrogens is 3. The van der Waals surface area contributed by atoms with Gasteiger partial charge in [-0.3, -0.25) is 0 Å². The summed E-state index contributed by atoms with van der Waals surface area (Å²) < 4.78 is 0. The van der Waals surface area contributed by atoms with Gasteiger partial charge in [0.2, 0.25) is 11.8 Å². The van der Waals surface area contributed by atoms with Gasteiger partial charge in [0.15, 0.2) is 5.82 Å². The maximum atomic E-state index is 10.2. The third kappa shape index (κ3) is 3.23. The Balaban J connectivity index is 1.31. The second-order valence-electron chi connectivity index (χ2n) is 6.15. The van der Waals surface area contributed by atoms with Gasteiger partial charge in [0.25, 0.3) is 0 Å². The number of fused-ring (bicyclic) bond motifs is 1. The summed E-state index contributed by atoms with van der Waals surface area (Å²) in [5.74, 6) is 1.16. The lowest BCUT2D eigenvalue weighted by Gasteiger charge is -1.99. The van der Waals surface area contributed by atoms with E-state index in [9.17, 15) is 5.11 Å². The van der Waals surface area contributed by atoms with Gasteiger partial charge < -0.3 is 15.4 Å². The summed E-state index contributed by atoms with van der Waals surface area (Å²) in [5.41, 5.74) is 2.35. The van der Waals surface area contributed by atoms with Crippen LogP contribution in [0.25, 0.3) is 21.4 Å². The molecule has 8 heteroatoms.